The first-order chi connectivity index (χ1) is 8.88. The van der Waals surface area contributed by atoms with E-state index in [1.54, 1.807) is 0 Å². The third-order valence-corrected chi connectivity index (χ3v) is 3.66. The molecule has 0 aromatic heterocycles. The summed E-state index contributed by atoms with van der Waals surface area (Å²) in [5.74, 6) is 1.92. The van der Waals surface area contributed by atoms with Crippen LogP contribution < -0.4 is 5.32 Å². The molecule has 2 aliphatic heterocycles. The predicted octanol–water partition coefficient (Wildman–Crippen LogP) is 2.35. The van der Waals surface area contributed by atoms with Crippen LogP contribution in [0.3, 0.4) is 0 Å². The second-order valence-corrected chi connectivity index (χ2v) is 4.77. The van der Waals surface area contributed by atoms with Gasteiger partial charge in [0.15, 0.2) is 0 Å². The minimum Gasteiger partial charge on any atom is -0.395 e. The zero-order valence-electron chi connectivity index (χ0n) is 12.9. The smallest absolute Gasteiger partial charge is 0.0558 e. The van der Waals surface area contributed by atoms with E-state index in [0.717, 1.165) is 18.4 Å². The first-order valence-electron chi connectivity index (χ1n) is 7.92. The van der Waals surface area contributed by atoms with Gasteiger partial charge in [0.25, 0.3) is 0 Å². The molecule has 2 fully saturated rings. The molecule has 3 heteroatoms. The number of hydrogen-bond donors (Lipinski definition) is 2. The van der Waals surface area contributed by atoms with Crippen molar-refractivity contribution < 1.29 is 5.11 Å². The van der Waals surface area contributed by atoms with Gasteiger partial charge in [0, 0.05) is 6.54 Å². The van der Waals surface area contributed by atoms with Crippen LogP contribution in [0.25, 0.3) is 0 Å². The first-order valence-corrected chi connectivity index (χ1v) is 7.92. The summed E-state index contributed by atoms with van der Waals surface area (Å²) in [6, 6.07) is 0. The topological polar surface area (TPSA) is 35.5 Å². The molecule has 18 heavy (non-hydrogen) atoms. The summed E-state index contributed by atoms with van der Waals surface area (Å²) in [5.41, 5.74) is 0. The predicted molar refractivity (Wildman–Crippen MR) is 79.9 cm³/mol. The molecule has 3 nitrogen and oxygen atoms in total. The van der Waals surface area contributed by atoms with Crippen LogP contribution in [0.1, 0.15) is 47.0 Å². The highest BCUT2D eigenvalue weighted by molar-refractivity contribution is 4.80. The van der Waals surface area contributed by atoms with E-state index in [0.29, 0.717) is 6.61 Å². The summed E-state index contributed by atoms with van der Waals surface area (Å²) in [6.45, 7) is 14.1. The maximum Gasteiger partial charge on any atom is 0.0558 e. The van der Waals surface area contributed by atoms with Gasteiger partial charge in [-0.2, -0.15) is 0 Å². The Balaban J connectivity index is 0.000000659. The minimum atomic E-state index is 0.317. The number of hydrogen-bond acceptors (Lipinski definition) is 3. The van der Waals surface area contributed by atoms with Gasteiger partial charge in [-0.25, -0.2) is 0 Å². The summed E-state index contributed by atoms with van der Waals surface area (Å²) in [7, 11) is 0. The quantitative estimate of drug-likeness (QED) is 0.812. The highest BCUT2D eigenvalue weighted by atomic mass is 16.3. The Kier molecular flexibility index (Phi) is 11.9. The molecule has 0 bridgehead atoms. The number of likely N-dealkylation sites (tertiary alicyclic amines) is 1. The Bertz CT molecular complexity index is 164. The van der Waals surface area contributed by atoms with Gasteiger partial charge < -0.3 is 15.3 Å². The van der Waals surface area contributed by atoms with Crippen LogP contribution in [-0.4, -0.2) is 49.3 Å². The van der Waals surface area contributed by atoms with E-state index < -0.39 is 0 Å². The molecule has 110 valence electrons. The van der Waals surface area contributed by atoms with E-state index in [1.807, 2.05) is 27.7 Å². The highest BCUT2D eigenvalue weighted by Gasteiger charge is 2.24. The second kappa shape index (κ2) is 11.9. The van der Waals surface area contributed by atoms with Gasteiger partial charge in [0.2, 0.25) is 0 Å². The molecule has 2 heterocycles. The summed E-state index contributed by atoms with van der Waals surface area (Å²) in [5, 5.41) is 12.2. The normalized spacial score (nSPS) is 21.2. The molecule has 2 rings (SSSR count). The third kappa shape index (κ3) is 6.72. The summed E-state index contributed by atoms with van der Waals surface area (Å²) < 4.78 is 0. The van der Waals surface area contributed by atoms with Crippen molar-refractivity contribution in [2.45, 2.75) is 47.0 Å². The van der Waals surface area contributed by atoms with Crippen molar-refractivity contribution in [1.29, 1.82) is 0 Å². The fourth-order valence-electron chi connectivity index (χ4n) is 2.57. The van der Waals surface area contributed by atoms with Crippen molar-refractivity contribution in [3.63, 3.8) is 0 Å². The van der Waals surface area contributed by atoms with E-state index in [4.69, 9.17) is 5.11 Å². The maximum atomic E-state index is 8.83. The molecule has 0 atom stereocenters. The highest BCUT2D eigenvalue weighted by Crippen LogP contribution is 2.25. The molecule has 2 aliphatic rings. The maximum absolute atomic E-state index is 8.83. The fourth-order valence-corrected chi connectivity index (χ4v) is 2.57. The molecule has 0 saturated carbocycles. The van der Waals surface area contributed by atoms with E-state index >= 15 is 0 Å². The van der Waals surface area contributed by atoms with Crippen molar-refractivity contribution in [2.75, 3.05) is 39.3 Å². The number of piperidine rings is 1. The van der Waals surface area contributed by atoms with Crippen LogP contribution in [0, 0.1) is 11.8 Å². The van der Waals surface area contributed by atoms with Crippen LogP contribution >= 0.6 is 0 Å². The standard InChI is InChI=1S/C11H22N2O.2C2H6/c14-6-5-13-3-1-10(2-4-13)7-11-8-12-9-11;2*1-2/h10-12,14H,1-9H2;2*1-2H3. The molecular formula is C15H34N2O. The molecule has 0 aromatic rings. The van der Waals surface area contributed by atoms with Gasteiger partial charge in [-0.3, -0.25) is 0 Å². The number of nitrogens with one attached hydrogen (secondary N) is 1. The molecule has 0 aromatic carbocycles. The number of nitrogens with zero attached hydrogens (tertiary/aromatic N) is 1. The number of rotatable bonds is 4. The summed E-state index contributed by atoms with van der Waals surface area (Å²) in [4.78, 5) is 2.38. The SMILES string of the molecule is CC.CC.OCCN1CCC(CC2CNC2)CC1. The Hall–Kier alpha value is -0.120. The van der Waals surface area contributed by atoms with E-state index in [-0.39, 0.29) is 0 Å². The zero-order valence-corrected chi connectivity index (χ0v) is 12.9. The van der Waals surface area contributed by atoms with Crippen molar-refractivity contribution in [3.05, 3.63) is 0 Å². The van der Waals surface area contributed by atoms with Gasteiger partial charge >= 0.3 is 0 Å². The van der Waals surface area contributed by atoms with Crippen molar-refractivity contribution in [3.8, 4) is 0 Å². The summed E-state index contributed by atoms with van der Waals surface area (Å²) in [6.07, 6.45) is 4.12. The van der Waals surface area contributed by atoms with E-state index in [1.165, 1.54) is 45.4 Å². The minimum absolute atomic E-state index is 0.317. The molecule has 0 aliphatic carbocycles. The van der Waals surface area contributed by atoms with Crippen molar-refractivity contribution in [1.82, 2.24) is 10.2 Å². The lowest BCUT2D eigenvalue weighted by Crippen LogP contribution is -2.44. The van der Waals surface area contributed by atoms with Crippen molar-refractivity contribution >= 4 is 0 Å². The lowest BCUT2D eigenvalue weighted by molar-refractivity contribution is 0.131. The number of aliphatic hydroxyl groups is 1. The summed E-state index contributed by atoms with van der Waals surface area (Å²) >= 11 is 0. The largest absolute Gasteiger partial charge is 0.395 e. The molecule has 0 radical (unpaired) electrons. The average Bonchev–Trinajstić information content (AvgIpc) is 2.41. The van der Waals surface area contributed by atoms with Gasteiger partial charge in [-0.1, -0.05) is 27.7 Å². The molecule has 0 unspecified atom stereocenters. The van der Waals surface area contributed by atoms with Crippen LogP contribution in [0.2, 0.25) is 0 Å². The molecule has 0 amide bonds. The van der Waals surface area contributed by atoms with Gasteiger partial charge in [0.05, 0.1) is 6.61 Å². The van der Waals surface area contributed by atoms with E-state index in [9.17, 15) is 0 Å². The van der Waals surface area contributed by atoms with Gasteiger partial charge in [0.1, 0.15) is 0 Å². The molecule has 0 spiro atoms. The lowest BCUT2D eigenvalue weighted by atomic mass is 9.85. The molecule has 2 N–H and O–H groups in total. The lowest BCUT2D eigenvalue weighted by Gasteiger charge is -2.36. The van der Waals surface area contributed by atoms with Crippen LogP contribution in [0.5, 0.6) is 0 Å². The Morgan fingerprint density at radius 1 is 1.00 bits per heavy atom. The Labute approximate surface area is 114 Å². The zero-order chi connectivity index (χ0) is 13.8. The van der Waals surface area contributed by atoms with Crippen LogP contribution in [0.4, 0.5) is 0 Å². The Morgan fingerprint density at radius 3 is 1.94 bits per heavy atom. The first kappa shape index (κ1) is 17.9. The molecule has 2 saturated heterocycles. The average molecular weight is 258 g/mol. The monoisotopic (exact) mass is 258 g/mol. The Morgan fingerprint density at radius 2 is 1.56 bits per heavy atom. The van der Waals surface area contributed by atoms with Crippen molar-refractivity contribution in [2.24, 2.45) is 11.8 Å². The third-order valence-electron chi connectivity index (χ3n) is 3.66. The number of β-amino-alcohol motifs (C(OH)–C–C–N with tert-alkyl or cyclic N) is 1. The van der Waals surface area contributed by atoms with Gasteiger partial charge in [-0.05, 0) is 57.3 Å². The molecular weight excluding hydrogens is 224 g/mol. The van der Waals surface area contributed by atoms with E-state index in [2.05, 4.69) is 10.2 Å². The number of aliphatic hydroxyl groups excluding tert-OH is 1. The van der Waals surface area contributed by atoms with Crippen LogP contribution in [-0.2, 0) is 0 Å². The van der Waals surface area contributed by atoms with Gasteiger partial charge in [-0.15, -0.1) is 0 Å². The second-order valence-electron chi connectivity index (χ2n) is 4.77. The fraction of sp³-hybridized carbons (Fsp3) is 1.00. The van der Waals surface area contributed by atoms with Crippen LogP contribution in [0.15, 0.2) is 0 Å².